The summed E-state index contributed by atoms with van der Waals surface area (Å²) in [6, 6.07) is 10.3. The van der Waals surface area contributed by atoms with Crippen molar-refractivity contribution in [2.75, 3.05) is 6.61 Å². The second-order valence-corrected chi connectivity index (χ2v) is 3.40. The first-order chi connectivity index (χ1) is 6.34. The maximum atomic E-state index is 5.54. The Kier molecular flexibility index (Phi) is 2.62. The van der Waals surface area contributed by atoms with Crippen LogP contribution in [0.15, 0.2) is 30.3 Å². The van der Waals surface area contributed by atoms with Gasteiger partial charge in [-0.05, 0) is 12.5 Å². The van der Waals surface area contributed by atoms with Gasteiger partial charge in [-0.3, -0.25) is 0 Å². The molecule has 0 unspecified atom stereocenters. The lowest BCUT2D eigenvalue weighted by molar-refractivity contribution is -0.0528. The summed E-state index contributed by atoms with van der Waals surface area (Å²) in [6.07, 6.45) is 1.05. The predicted molar refractivity (Wildman–Crippen MR) is 50.4 cm³/mol. The lowest BCUT2D eigenvalue weighted by Crippen LogP contribution is -2.12. The lowest BCUT2D eigenvalue weighted by atomic mass is 10.1. The van der Waals surface area contributed by atoms with Crippen molar-refractivity contribution in [1.29, 1.82) is 0 Å². The van der Waals surface area contributed by atoms with E-state index in [0.717, 1.165) is 13.0 Å². The lowest BCUT2D eigenvalue weighted by Gasteiger charge is -2.09. The van der Waals surface area contributed by atoms with Gasteiger partial charge in [0.15, 0.2) is 6.29 Å². The van der Waals surface area contributed by atoms with Gasteiger partial charge in [-0.1, -0.05) is 30.3 Å². The summed E-state index contributed by atoms with van der Waals surface area (Å²) in [5.41, 5.74) is 1.27. The van der Waals surface area contributed by atoms with Crippen molar-refractivity contribution in [3.63, 3.8) is 0 Å². The molecule has 2 nitrogen and oxygen atoms in total. The van der Waals surface area contributed by atoms with Crippen LogP contribution in [0.2, 0.25) is 0 Å². The van der Waals surface area contributed by atoms with E-state index in [4.69, 9.17) is 9.47 Å². The van der Waals surface area contributed by atoms with E-state index >= 15 is 0 Å². The first kappa shape index (κ1) is 8.73. The van der Waals surface area contributed by atoms with Gasteiger partial charge >= 0.3 is 0 Å². The van der Waals surface area contributed by atoms with Gasteiger partial charge in [0.2, 0.25) is 0 Å². The Hall–Kier alpha value is -0.860. The van der Waals surface area contributed by atoms with Crippen molar-refractivity contribution in [1.82, 2.24) is 0 Å². The third-order valence-electron chi connectivity index (χ3n) is 2.15. The monoisotopic (exact) mass is 178 g/mol. The second-order valence-electron chi connectivity index (χ2n) is 3.40. The minimum Gasteiger partial charge on any atom is -0.350 e. The van der Waals surface area contributed by atoms with Crippen LogP contribution in [-0.4, -0.2) is 19.0 Å². The van der Waals surface area contributed by atoms with Gasteiger partial charge in [0.1, 0.15) is 0 Å². The molecule has 0 amide bonds. The summed E-state index contributed by atoms with van der Waals surface area (Å²) in [6.45, 7) is 2.75. The molecule has 0 aromatic heterocycles. The summed E-state index contributed by atoms with van der Waals surface area (Å²) in [7, 11) is 0. The molecule has 0 N–H and O–H groups in total. The molecule has 0 saturated carbocycles. The molecule has 13 heavy (non-hydrogen) atoms. The third-order valence-corrected chi connectivity index (χ3v) is 2.15. The molecule has 0 radical (unpaired) electrons. The van der Waals surface area contributed by atoms with Crippen molar-refractivity contribution in [3.8, 4) is 0 Å². The van der Waals surface area contributed by atoms with E-state index in [9.17, 15) is 0 Å². The van der Waals surface area contributed by atoms with Gasteiger partial charge < -0.3 is 9.47 Å². The molecule has 0 bridgehead atoms. The van der Waals surface area contributed by atoms with Crippen molar-refractivity contribution in [2.45, 2.75) is 25.7 Å². The molecule has 0 aliphatic carbocycles. The number of ether oxygens (including phenoxy) is 2. The molecule has 2 heteroatoms. The molecular weight excluding hydrogens is 164 g/mol. The van der Waals surface area contributed by atoms with Crippen molar-refractivity contribution >= 4 is 0 Å². The molecule has 1 aliphatic rings. The Bertz CT molecular complexity index is 258. The maximum Gasteiger partial charge on any atom is 0.162 e. The molecule has 1 saturated heterocycles. The molecule has 1 aromatic rings. The topological polar surface area (TPSA) is 18.5 Å². The summed E-state index contributed by atoms with van der Waals surface area (Å²) in [5, 5.41) is 0. The van der Waals surface area contributed by atoms with Crippen LogP contribution in [0.4, 0.5) is 0 Å². The molecule has 2 rings (SSSR count). The highest BCUT2D eigenvalue weighted by atomic mass is 16.7. The van der Waals surface area contributed by atoms with Gasteiger partial charge in [-0.25, -0.2) is 0 Å². The van der Waals surface area contributed by atoms with Crippen LogP contribution in [0.1, 0.15) is 12.5 Å². The normalized spacial score (nSPS) is 27.8. The molecule has 1 heterocycles. The van der Waals surface area contributed by atoms with Crippen molar-refractivity contribution < 1.29 is 9.47 Å². The quantitative estimate of drug-likeness (QED) is 0.689. The van der Waals surface area contributed by atoms with E-state index in [-0.39, 0.29) is 12.4 Å². The Balaban J connectivity index is 1.92. The average Bonchev–Trinajstić information content (AvgIpc) is 2.53. The summed E-state index contributed by atoms with van der Waals surface area (Å²) >= 11 is 0. The van der Waals surface area contributed by atoms with Crippen LogP contribution < -0.4 is 0 Å². The van der Waals surface area contributed by atoms with E-state index in [1.54, 1.807) is 0 Å². The van der Waals surface area contributed by atoms with Crippen molar-refractivity contribution in [3.05, 3.63) is 35.9 Å². The highest BCUT2D eigenvalue weighted by Crippen LogP contribution is 2.15. The van der Waals surface area contributed by atoms with Gasteiger partial charge in [0.25, 0.3) is 0 Å². The predicted octanol–water partition coefficient (Wildman–Crippen LogP) is 1.99. The van der Waals surface area contributed by atoms with E-state index < -0.39 is 0 Å². The SMILES string of the molecule is C[C@H]1CO[C@@H](Cc2ccccc2)O1. The largest absolute Gasteiger partial charge is 0.350 e. The molecule has 70 valence electrons. The molecule has 0 spiro atoms. The smallest absolute Gasteiger partial charge is 0.162 e. The molecule has 1 aromatic carbocycles. The minimum atomic E-state index is -0.0441. The second kappa shape index (κ2) is 3.90. The maximum absolute atomic E-state index is 5.54. The Morgan fingerprint density at radius 3 is 2.69 bits per heavy atom. The standard InChI is InChI=1S/C11H14O2/c1-9-8-12-11(13-9)7-10-5-3-2-4-6-10/h2-6,9,11H,7-8H2,1H3/t9-,11+/m0/s1. The van der Waals surface area contributed by atoms with Gasteiger partial charge in [0, 0.05) is 6.42 Å². The molecular formula is C11H14O2. The fourth-order valence-electron chi connectivity index (χ4n) is 1.49. The first-order valence-electron chi connectivity index (χ1n) is 4.65. The van der Waals surface area contributed by atoms with Gasteiger partial charge in [-0.2, -0.15) is 0 Å². The zero-order valence-electron chi connectivity index (χ0n) is 7.77. The zero-order valence-corrected chi connectivity index (χ0v) is 7.77. The highest BCUT2D eigenvalue weighted by Gasteiger charge is 2.22. The van der Waals surface area contributed by atoms with Crippen molar-refractivity contribution in [2.24, 2.45) is 0 Å². The Morgan fingerprint density at radius 1 is 1.31 bits per heavy atom. The average molecular weight is 178 g/mol. The molecule has 1 fully saturated rings. The van der Waals surface area contributed by atoms with E-state index in [1.165, 1.54) is 5.56 Å². The van der Waals surface area contributed by atoms with Gasteiger partial charge in [0.05, 0.1) is 12.7 Å². The number of benzene rings is 1. The fraction of sp³-hybridized carbons (Fsp3) is 0.455. The van der Waals surface area contributed by atoms with Crippen LogP contribution in [0.5, 0.6) is 0 Å². The van der Waals surface area contributed by atoms with Gasteiger partial charge in [-0.15, -0.1) is 0 Å². The van der Waals surface area contributed by atoms with E-state index in [2.05, 4.69) is 12.1 Å². The van der Waals surface area contributed by atoms with Crippen LogP contribution in [0.3, 0.4) is 0 Å². The number of rotatable bonds is 2. The highest BCUT2D eigenvalue weighted by molar-refractivity contribution is 5.15. The first-order valence-corrected chi connectivity index (χ1v) is 4.65. The zero-order chi connectivity index (χ0) is 9.10. The molecule has 2 atom stereocenters. The third kappa shape index (κ3) is 2.29. The van der Waals surface area contributed by atoms with E-state index in [1.807, 2.05) is 25.1 Å². The number of hydrogen-bond acceptors (Lipinski definition) is 2. The molecule has 1 aliphatic heterocycles. The fourth-order valence-corrected chi connectivity index (χ4v) is 1.49. The summed E-state index contributed by atoms with van der Waals surface area (Å²) in [4.78, 5) is 0. The Labute approximate surface area is 78.5 Å². The van der Waals surface area contributed by atoms with E-state index in [0.29, 0.717) is 0 Å². The van der Waals surface area contributed by atoms with Crippen LogP contribution in [-0.2, 0) is 15.9 Å². The van der Waals surface area contributed by atoms with Crippen LogP contribution in [0, 0.1) is 0 Å². The Morgan fingerprint density at radius 2 is 2.08 bits per heavy atom. The number of hydrogen-bond donors (Lipinski definition) is 0. The minimum absolute atomic E-state index is 0.0441. The van der Waals surface area contributed by atoms with Crippen LogP contribution >= 0.6 is 0 Å². The van der Waals surface area contributed by atoms with Crippen LogP contribution in [0.25, 0.3) is 0 Å². The summed E-state index contributed by atoms with van der Waals surface area (Å²) in [5.74, 6) is 0. The summed E-state index contributed by atoms with van der Waals surface area (Å²) < 4.78 is 11.0.